The van der Waals surface area contributed by atoms with Crippen LogP contribution in [0.1, 0.15) is 24.1 Å². The minimum atomic E-state index is -0.0825. The van der Waals surface area contributed by atoms with Gasteiger partial charge in [0, 0.05) is 12.7 Å². The Morgan fingerprint density at radius 3 is 2.94 bits per heavy atom. The van der Waals surface area contributed by atoms with E-state index in [1.54, 1.807) is 11.6 Å². The number of pyridine rings is 1. The van der Waals surface area contributed by atoms with Gasteiger partial charge < -0.3 is 8.98 Å². The van der Waals surface area contributed by atoms with E-state index in [1.165, 1.54) is 5.56 Å². The second kappa shape index (κ2) is 4.20. The predicted octanol–water partition coefficient (Wildman–Crippen LogP) is 1.98. The summed E-state index contributed by atoms with van der Waals surface area (Å²) in [6.45, 7) is 0. The maximum absolute atomic E-state index is 12.3. The van der Waals surface area contributed by atoms with E-state index in [2.05, 4.69) is 10.2 Å². The number of fused-ring (bicyclic) bond motifs is 1. The van der Waals surface area contributed by atoms with Gasteiger partial charge in [-0.15, -0.1) is 5.10 Å². The molecule has 1 aliphatic rings. The summed E-state index contributed by atoms with van der Waals surface area (Å²) in [4.78, 5) is 12.5. The highest BCUT2D eigenvalue weighted by Gasteiger charge is 2.18. The lowest BCUT2D eigenvalue weighted by molar-refractivity contribution is 0.548. The molecule has 94 valence electrons. The van der Waals surface area contributed by atoms with Crippen LogP contribution in [0, 0.1) is 4.84 Å². The Bertz CT molecular complexity index is 711. The summed E-state index contributed by atoms with van der Waals surface area (Å²) >= 11 is 4.84. The molecule has 1 N–H and O–H groups in total. The Morgan fingerprint density at radius 1 is 1.44 bits per heavy atom. The van der Waals surface area contributed by atoms with E-state index in [1.807, 2.05) is 6.07 Å². The minimum absolute atomic E-state index is 0.0825. The highest BCUT2D eigenvalue weighted by atomic mass is 32.1. The third-order valence-electron chi connectivity index (χ3n) is 3.41. The molecule has 0 fully saturated rings. The molecule has 6 heteroatoms. The lowest BCUT2D eigenvalue weighted by atomic mass is 9.94. The number of hydrogen-bond donors (Lipinski definition) is 1. The molecule has 0 bridgehead atoms. The van der Waals surface area contributed by atoms with Crippen molar-refractivity contribution in [2.75, 3.05) is 0 Å². The van der Waals surface area contributed by atoms with E-state index in [0.717, 1.165) is 31.4 Å². The van der Waals surface area contributed by atoms with Gasteiger partial charge in [0.1, 0.15) is 5.56 Å². The van der Waals surface area contributed by atoms with E-state index in [0.29, 0.717) is 5.56 Å². The molecular formula is C12H13N3O2S. The molecule has 1 aliphatic carbocycles. The quantitative estimate of drug-likeness (QED) is 0.799. The van der Waals surface area contributed by atoms with Gasteiger partial charge in [-0.05, 0) is 49.5 Å². The van der Waals surface area contributed by atoms with Crippen LogP contribution in [0.25, 0.3) is 11.5 Å². The van der Waals surface area contributed by atoms with Crippen molar-refractivity contribution in [2.45, 2.75) is 25.7 Å². The van der Waals surface area contributed by atoms with Crippen molar-refractivity contribution in [3.05, 3.63) is 32.5 Å². The van der Waals surface area contributed by atoms with Gasteiger partial charge >= 0.3 is 0 Å². The summed E-state index contributed by atoms with van der Waals surface area (Å²) in [5.41, 5.74) is 2.73. The number of H-pyrrole nitrogens is 1. The fraction of sp³-hybridized carbons (Fsp3) is 0.417. The zero-order valence-corrected chi connectivity index (χ0v) is 10.8. The zero-order valence-electron chi connectivity index (χ0n) is 10.0. The summed E-state index contributed by atoms with van der Waals surface area (Å²) in [5, 5.41) is 6.47. The van der Waals surface area contributed by atoms with Crippen LogP contribution >= 0.6 is 12.2 Å². The van der Waals surface area contributed by atoms with Crippen molar-refractivity contribution < 1.29 is 4.42 Å². The van der Waals surface area contributed by atoms with E-state index in [-0.39, 0.29) is 16.3 Å². The van der Waals surface area contributed by atoms with Crippen LogP contribution in [-0.4, -0.2) is 14.8 Å². The topological polar surface area (TPSA) is 63.8 Å². The molecule has 0 saturated carbocycles. The summed E-state index contributed by atoms with van der Waals surface area (Å²) in [6, 6.07) is 1.89. The number of nitrogens with zero attached hydrogens (tertiary/aromatic N) is 2. The SMILES string of the molecule is Cn1c2c(cc(-c3n[nH]c(=S)o3)c1=O)CCCC2. The van der Waals surface area contributed by atoms with Gasteiger partial charge in [0.25, 0.3) is 16.3 Å². The van der Waals surface area contributed by atoms with Crippen molar-refractivity contribution in [3.8, 4) is 11.5 Å². The molecule has 0 amide bonds. The first-order chi connectivity index (χ1) is 8.66. The predicted molar refractivity (Wildman–Crippen MR) is 69.0 cm³/mol. The molecule has 0 atom stereocenters. The van der Waals surface area contributed by atoms with Crippen LogP contribution in [0.5, 0.6) is 0 Å². The number of aromatic nitrogens is 3. The molecule has 0 radical (unpaired) electrons. The van der Waals surface area contributed by atoms with Crippen LogP contribution in [-0.2, 0) is 19.9 Å². The molecule has 3 rings (SSSR count). The van der Waals surface area contributed by atoms with Gasteiger partial charge in [0.05, 0.1) is 0 Å². The molecule has 0 spiro atoms. The molecule has 5 nitrogen and oxygen atoms in total. The highest BCUT2D eigenvalue weighted by molar-refractivity contribution is 7.71. The average molecular weight is 263 g/mol. The van der Waals surface area contributed by atoms with Gasteiger partial charge in [-0.3, -0.25) is 4.79 Å². The molecule has 0 unspecified atom stereocenters. The van der Waals surface area contributed by atoms with Crippen LogP contribution in [0.2, 0.25) is 0 Å². The number of aryl methyl sites for hydroxylation is 1. The normalized spacial score (nSPS) is 14.5. The molecule has 18 heavy (non-hydrogen) atoms. The van der Waals surface area contributed by atoms with Crippen molar-refractivity contribution in [1.29, 1.82) is 0 Å². The number of hydrogen-bond acceptors (Lipinski definition) is 4. The van der Waals surface area contributed by atoms with Crippen molar-refractivity contribution in [1.82, 2.24) is 14.8 Å². The smallest absolute Gasteiger partial charge is 0.284 e. The third-order valence-corrected chi connectivity index (χ3v) is 3.58. The van der Waals surface area contributed by atoms with E-state index in [4.69, 9.17) is 16.6 Å². The second-order valence-electron chi connectivity index (χ2n) is 4.52. The molecule has 2 heterocycles. The van der Waals surface area contributed by atoms with Gasteiger partial charge in [-0.2, -0.15) is 0 Å². The van der Waals surface area contributed by atoms with Crippen molar-refractivity contribution in [3.63, 3.8) is 0 Å². The summed E-state index contributed by atoms with van der Waals surface area (Å²) in [5.74, 6) is 0.272. The van der Waals surface area contributed by atoms with Crippen LogP contribution < -0.4 is 5.56 Å². The Labute approximate surface area is 108 Å². The molecule has 2 aromatic rings. The fourth-order valence-electron chi connectivity index (χ4n) is 2.49. The lowest BCUT2D eigenvalue weighted by Gasteiger charge is -2.19. The standard InChI is InChI=1S/C12H13N3O2S/c1-15-9-5-3-2-4-7(9)6-8(11(15)16)10-13-14-12(18)17-10/h6H,2-5H2,1H3,(H,14,18). The maximum atomic E-state index is 12.3. The van der Waals surface area contributed by atoms with Gasteiger partial charge in [0.2, 0.25) is 0 Å². The molecular weight excluding hydrogens is 250 g/mol. The molecule has 0 aromatic carbocycles. The van der Waals surface area contributed by atoms with Gasteiger partial charge in [0.15, 0.2) is 0 Å². The molecule has 0 aliphatic heterocycles. The maximum Gasteiger partial charge on any atom is 0.284 e. The Balaban J connectivity index is 2.25. The minimum Gasteiger partial charge on any atom is -0.409 e. The van der Waals surface area contributed by atoms with Crippen LogP contribution in [0.15, 0.2) is 15.3 Å². The van der Waals surface area contributed by atoms with Crippen molar-refractivity contribution >= 4 is 12.2 Å². The van der Waals surface area contributed by atoms with Crippen molar-refractivity contribution in [2.24, 2.45) is 7.05 Å². The fourth-order valence-corrected chi connectivity index (χ4v) is 2.61. The molecule has 0 saturated heterocycles. The van der Waals surface area contributed by atoms with Gasteiger partial charge in [-0.25, -0.2) is 5.10 Å². The summed E-state index contributed by atoms with van der Waals surface area (Å²) < 4.78 is 6.94. The lowest BCUT2D eigenvalue weighted by Crippen LogP contribution is -2.25. The summed E-state index contributed by atoms with van der Waals surface area (Å²) in [6.07, 6.45) is 4.27. The molecule has 2 aromatic heterocycles. The van der Waals surface area contributed by atoms with Gasteiger partial charge in [-0.1, -0.05) is 0 Å². The number of aromatic amines is 1. The number of rotatable bonds is 1. The average Bonchev–Trinajstić information content (AvgIpc) is 2.80. The Kier molecular flexibility index (Phi) is 2.66. The first-order valence-electron chi connectivity index (χ1n) is 5.94. The third kappa shape index (κ3) is 1.73. The van der Waals surface area contributed by atoms with E-state index >= 15 is 0 Å². The highest BCUT2D eigenvalue weighted by Crippen LogP contribution is 2.23. The van der Waals surface area contributed by atoms with Crippen LogP contribution in [0.4, 0.5) is 0 Å². The second-order valence-corrected chi connectivity index (χ2v) is 4.89. The zero-order chi connectivity index (χ0) is 12.7. The Hall–Kier alpha value is -1.69. The monoisotopic (exact) mass is 263 g/mol. The summed E-state index contributed by atoms with van der Waals surface area (Å²) in [7, 11) is 1.80. The van der Waals surface area contributed by atoms with E-state index in [9.17, 15) is 4.79 Å². The largest absolute Gasteiger partial charge is 0.409 e. The first-order valence-corrected chi connectivity index (χ1v) is 6.35. The first kappa shape index (κ1) is 11.4. The Morgan fingerprint density at radius 2 is 2.22 bits per heavy atom. The van der Waals surface area contributed by atoms with E-state index < -0.39 is 0 Å². The van der Waals surface area contributed by atoms with Crippen LogP contribution in [0.3, 0.4) is 0 Å². The number of nitrogens with one attached hydrogen (secondary N) is 1.